The molecule has 1 spiro atoms. The maximum Gasteiger partial charge on any atom is 0.175 e. The van der Waals surface area contributed by atoms with Crippen LogP contribution in [0.3, 0.4) is 0 Å². The lowest BCUT2D eigenvalue weighted by Crippen LogP contribution is -2.51. The largest absolute Gasteiger partial charge is 0.393 e. The van der Waals surface area contributed by atoms with Crippen molar-refractivity contribution in [3.63, 3.8) is 0 Å². The van der Waals surface area contributed by atoms with Crippen molar-refractivity contribution in [3.05, 3.63) is 0 Å². The minimum Gasteiger partial charge on any atom is -0.393 e. The first-order valence-corrected chi connectivity index (χ1v) is 5.02. The molecular formula is C10H18O3. The Bertz CT molecular complexity index is 194. The number of hydrogen-bond acceptors (Lipinski definition) is 3. The summed E-state index contributed by atoms with van der Waals surface area (Å²) in [5, 5.41) is 9.61. The summed E-state index contributed by atoms with van der Waals surface area (Å²) in [6, 6.07) is 0. The molecule has 1 N–H and O–H groups in total. The fourth-order valence-electron chi connectivity index (χ4n) is 2.37. The molecule has 0 amide bonds. The number of aliphatic hydroxyl groups is 1. The molecule has 0 radical (unpaired) electrons. The normalized spacial score (nSPS) is 36.7. The molecule has 1 atom stereocenters. The Morgan fingerprint density at radius 3 is 2.46 bits per heavy atom. The third-order valence-corrected chi connectivity index (χ3v) is 3.39. The van der Waals surface area contributed by atoms with E-state index in [1.807, 2.05) is 0 Å². The molecule has 2 rings (SSSR count). The van der Waals surface area contributed by atoms with E-state index >= 15 is 0 Å². The zero-order valence-corrected chi connectivity index (χ0v) is 8.38. The molecule has 1 aliphatic carbocycles. The number of rotatable bonds is 0. The Labute approximate surface area is 79.0 Å². The maximum atomic E-state index is 9.61. The average molecular weight is 186 g/mol. The van der Waals surface area contributed by atoms with Crippen LogP contribution in [0.4, 0.5) is 0 Å². The van der Waals surface area contributed by atoms with Gasteiger partial charge >= 0.3 is 0 Å². The molecule has 1 aliphatic heterocycles. The molecule has 1 unspecified atom stereocenters. The Balaban J connectivity index is 2.20. The highest BCUT2D eigenvalue weighted by Crippen LogP contribution is 2.48. The second kappa shape index (κ2) is 2.94. The van der Waals surface area contributed by atoms with Crippen LogP contribution in [0.2, 0.25) is 0 Å². The van der Waals surface area contributed by atoms with Gasteiger partial charge in [0.2, 0.25) is 0 Å². The molecular weight excluding hydrogens is 168 g/mol. The second-order valence-electron chi connectivity index (χ2n) is 4.73. The van der Waals surface area contributed by atoms with Crippen LogP contribution in [-0.4, -0.2) is 30.2 Å². The van der Waals surface area contributed by atoms with E-state index in [2.05, 4.69) is 13.8 Å². The highest BCUT2D eigenvalue weighted by molar-refractivity contribution is 4.96. The highest BCUT2D eigenvalue weighted by atomic mass is 16.7. The fraction of sp³-hybridized carbons (Fsp3) is 1.00. The molecule has 0 aromatic carbocycles. The van der Waals surface area contributed by atoms with Gasteiger partial charge in [-0.25, -0.2) is 0 Å². The summed E-state index contributed by atoms with van der Waals surface area (Å²) in [4.78, 5) is 0. The predicted molar refractivity (Wildman–Crippen MR) is 48.3 cm³/mol. The molecule has 0 aromatic heterocycles. The van der Waals surface area contributed by atoms with Gasteiger partial charge in [-0.15, -0.1) is 0 Å². The molecule has 1 heterocycles. The van der Waals surface area contributed by atoms with Crippen molar-refractivity contribution in [3.8, 4) is 0 Å². The molecule has 2 fully saturated rings. The Morgan fingerprint density at radius 2 is 1.85 bits per heavy atom. The van der Waals surface area contributed by atoms with E-state index in [0.717, 1.165) is 12.8 Å². The van der Waals surface area contributed by atoms with E-state index in [0.29, 0.717) is 19.6 Å². The quantitative estimate of drug-likeness (QED) is 0.619. The van der Waals surface area contributed by atoms with Gasteiger partial charge in [0.15, 0.2) is 5.79 Å². The Kier molecular flexibility index (Phi) is 2.13. The van der Waals surface area contributed by atoms with Gasteiger partial charge in [0, 0.05) is 11.8 Å². The first-order chi connectivity index (χ1) is 6.06. The van der Waals surface area contributed by atoms with Crippen LogP contribution in [-0.2, 0) is 9.47 Å². The lowest BCUT2D eigenvalue weighted by molar-refractivity contribution is -0.260. The van der Waals surface area contributed by atoms with Gasteiger partial charge in [-0.1, -0.05) is 13.8 Å². The van der Waals surface area contributed by atoms with E-state index in [4.69, 9.17) is 9.47 Å². The molecule has 1 saturated carbocycles. The minimum atomic E-state index is -0.509. The lowest BCUT2D eigenvalue weighted by atomic mass is 9.71. The van der Waals surface area contributed by atoms with Crippen LogP contribution in [0.1, 0.15) is 33.1 Å². The third kappa shape index (κ3) is 1.39. The summed E-state index contributed by atoms with van der Waals surface area (Å²) in [5.74, 6) is -0.509. The summed E-state index contributed by atoms with van der Waals surface area (Å²) >= 11 is 0. The van der Waals surface area contributed by atoms with Gasteiger partial charge in [0.25, 0.3) is 0 Å². The van der Waals surface area contributed by atoms with Gasteiger partial charge < -0.3 is 14.6 Å². The van der Waals surface area contributed by atoms with Crippen LogP contribution in [0.15, 0.2) is 0 Å². The van der Waals surface area contributed by atoms with Gasteiger partial charge in [0.1, 0.15) is 0 Å². The molecule has 0 bridgehead atoms. The Morgan fingerprint density at radius 1 is 1.23 bits per heavy atom. The standard InChI is InChI=1S/C10H18O3/c1-9(2)4-3-8(11)7-10(9)12-5-6-13-10/h8,11H,3-7H2,1-2H3. The van der Waals surface area contributed by atoms with Crippen molar-refractivity contribution in [2.24, 2.45) is 5.41 Å². The summed E-state index contributed by atoms with van der Waals surface area (Å²) in [6.45, 7) is 5.64. The first kappa shape index (κ1) is 9.44. The molecule has 13 heavy (non-hydrogen) atoms. The number of ether oxygens (including phenoxy) is 2. The SMILES string of the molecule is CC1(C)CCC(O)CC12OCCO2. The van der Waals surface area contributed by atoms with E-state index in [9.17, 15) is 5.11 Å². The fourth-order valence-corrected chi connectivity index (χ4v) is 2.37. The van der Waals surface area contributed by atoms with E-state index in [1.165, 1.54) is 0 Å². The second-order valence-corrected chi connectivity index (χ2v) is 4.73. The lowest BCUT2D eigenvalue weighted by Gasteiger charge is -2.47. The summed E-state index contributed by atoms with van der Waals surface area (Å²) in [7, 11) is 0. The van der Waals surface area contributed by atoms with Crippen molar-refractivity contribution in [2.75, 3.05) is 13.2 Å². The van der Waals surface area contributed by atoms with Gasteiger partial charge in [-0.2, -0.15) is 0 Å². The highest BCUT2D eigenvalue weighted by Gasteiger charge is 2.53. The molecule has 2 aliphatic rings. The van der Waals surface area contributed by atoms with Gasteiger partial charge in [0.05, 0.1) is 19.3 Å². The molecule has 3 nitrogen and oxygen atoms in total. The van der Waals surface area contributed by atoms with Crippen LogP contribution in [0, 0.1) is 5.41 Å². The number of hydrogen-bond donors (Lipinski definition) is 1. The van der Waals surface area contributed by atoms with Crippen LogP contribution in [0.5, 0.6) is 0 Å². The molecule has 3 heteroatoms. The van der Waals surface area contributed by atoms with Crippen molar-refractivity contribution < 1.29 is 14.6 Å². The zero-order chi connectivity index (χ0) is 9.53. The van der Waals surface area contributed by atoms with Crippen molar-refractivity contribution in [2.45, 2.75) is 45.0 Å². The zero-order valence-electron chi connectivity index (χ0n) is 8.38. The summed E-state index contributed by atoms with van der Waals surface area (Å²) in [6.07, 6.45) is 2.20. The van der Waals surface area contributed by atoms with E-state index in [-0.39, 0.29) is 11.5 Å². The van der Waals surface area contributed by atoms with Gasteiger partial charge in [-0.3, -0.25) is 0 Å². The van der Waals surface area contributed by atoms with Crippen LogP contribution in [0.25, 0.3) is 0 Å². The van der Waals surface area contributed by atoms with Crippen LogP contribution >= 0.6 is 0 Å². The van der Waals surface area contributed by atoms with E-state index in [1.54, 1.807) is 0 Å². The summed E-state index contributed by atoms with van der Waals surface area (Å²) < 4.78 is 11.4. The molecule has 1 saturated heterocycles. The predicted octanol–water partition coefficient (Wildman–Crippen LogP) is 1.30. The summed E-state index contributed by atoms with van der Waals surface area (Å²) in [5.41, 5.74) is 0.0305. The van der Waals surface area contributed by atoms with Crippen LogP contribution < -0.4 is 0 Å². The average Bonchev–Trinajstić information content (AvgIpc) is 2.49. The third-order valence-electron chi connectivity index (χ3n) is 3.39. The minimum absolute atomic E-state index is 0.0305. The van der Waals surface area contributed by atoms with Gasteiger partial charge in [-0.05, 0) is 12.8 Å². The molecule has 76 valence electrons. The Hall–Kier alpha value is -0.120. The van der Waals surface area contributed by atoms with Crippen molar-refractivity contribution in [1.82, 2.24) is 0 Å². The topological polar surface area (TPSA) is 38.7 Å². The van der Waals surface area contributed by atoms with Crippen molar-refractivity contribution >= 4 is 0 Å². The maximum absolute atomic E-state index is 9.61. The number of aliphatic hydroxyl groups excluding tert-OH is 1. The first-order valence-electron chi connectivity index (χ1n) is 5.02. The smallest absolute Gasteiger partial charge is 0.175 e. The van der Waals surface area contributed by atoms with E-state index < -0.39 is 5.79 Å². The van der Waals surface area contributed by atoms with Crippen molar-refractivity contribution in [1.29, 1.82) is 0 Å². The monoisotopic (exact) mass is 186 g/mol. The molecule has 0 aromatic rings.